The van der Waals surface area contributed by atoms with Crippen molar-refractivity contribution in [1.82, 2.24) is 10.2 Å². The monoisotopic (exact) mass is 280 g/mol. The number of rotatable bonds is 4. The van der Waals surface area contributed by atoms with Gasteiger partial charge in [-0.15, -0.1) is 11.3 Å². The molecule has 1 aromatic rings. The maximum absolute atomic E-state index is 3.56. The highest BCUT2D eigenvalue weighted by Gasteiger charge is 2.26. The summed E-state index contributed by atoms with van der Waals surface area (Å²) in [5, 5.41) is 3.56. The van der Waals surface area contributed by atoms with Crippen LogP contribution < -0.4 is 5.32 Å². The summed E-state index contributed by atoms with van der Waals surface area (Å²) in [7, 11) is 0. The average molecular weight is 280 g/mol. The first-order valence-corrected chi connectivity index (χ1v) is 8.22. The Bertz CT molecular complexity index is 405. The maximum atomic E-state index is 3.56. The van der Waals surface area contributed by atoms with Crippen molar-refractivity contribution in [3.63, 3.8) is 0 Å². The third kappa shape index (κ3) is 4.59. The highest BCUT2D eigenvalue weighted by Crippen LogP contribution is 2.26. The lowest BCUT2D eigenvalue weighted by Crippen LogP contribution is -2.34. The summed E-state index contributed by atoms with van der Waals surface area (Å²) in [5.41, 5.74) is 0.197. The molecule has 108 valence electrons. The average Bonchev–Trinajstić information content (AvgIpc) is 2.83. The van der Waals surface area contributed by atoms with Gasteiger partial charge in [-0.05, 0) is 52.2 Å². The van der Waals surface area contributed by atoms with E-state index in [1.54, 1.807) is 0 Å². The molecule has 1 aliphatic heterocycles. The lowest BCUT2D eigenvalue weighted by molar-refractivity contribution is 0.259. The van der Waals surface area contributed by atoms with Crippen LogP contribution in [0.2, 0.25) is 0 Å². The van der Waals surface area contributed by atoms with Crippen LogP contribution in [0.5, 0.6) is 0 Å². The van der Waals surface area contributed by atoms with Gasteiger partial charge in [0.05, 0.1) is 0 Å². The van der Waals surface area contributed by atoms with Crippen molar-refractivity contribution >= 4 is 11.3 Å². The van der Waals surface area contributed by atoms with E-state index in [1.807, 2.05) is 11.3 Å². The Morgan fingerprint density at radius 1 is 1.26 bits per heavy atom. The lowest BCUT2D eigenvalue weighted by Gasteiger charge is -2.20. The van der Waals surface area contributed by atoms with Gasteiger partial charge in [0.15, 0.2) is 0 Å². The second-order valence-electron chi connectivity index (χ2n) is 7.09. The predicted octanol–water partition coefficient (Wildman–Crippen LogP) is 3.87. The van der Waals surface area contributed by atoms with Crippen LogP contribution in [0, 0.1) is 5.92 Å². The molecule has 1 saturated heterocycles. The first kappa shape index (κ1) is 15.0. The summed E-state index contributed by atoms with van der Waals surface area (Å²) in [5.74, 6) is 0.858. The van der Waals surface area contributed by atoms with Gasteiger partial charge in [0, 0.05) is 41.0 Å². The van der Waals surface area contributed by atoms with Crippen molar-refractivity contribution in [2.45, 2.75) is 65.7 Å². The van der Waals surface area contributed by atoms with Gasteiger partial charge in [0.1, 0.15) is 0 Å². The molecule has 3 heteroatoms. The van der Waals surface area contributed by atoms with Crippen LogP contribution in [0.25, 0.3) is 0 Å². The summed E-state index contributed by atoms with van der Waals surface area (Å²) in [6, 6.07) is 5.33. The molecule has 0 spiro atoms. The van der Waals surface area contributed by atoms with Gasteiger partial charge in [-0.1, -0.05) is 6.92 Å². The molecule has 1 N–H and O–H groups in total. The largest absolute Gasteiger partial charge is 0.307 e. The fourth-order valence-corrected chi connectivity index (χ4v) is 3.74. The molecule has 1 fully saturated rings. The fraction of sp³-hybridized carbons (Fsp3) is 0.750. The number of nitrogens with one attached hydrogen (secondary N) is 1. The summed E-state index contributed by atoms with van der Waals surface area (Å²) >= 11 is 1.96. The molecule has 2 atom stereocenters. The molecule has 0 radical (unpaired) electrons. The molecule has 19 heavy (non-hydrogen) atoms. The molecule has 2 heterocycles. The minimum absolute atomic E-state index is 0.197. The van der Waals surface area contributed by atoms with Gasteiger partial charge < -0.3 is 5.32 Å². The van der Waals surface area contributed by atoms with Gasteiger partial charge in [0.2, 0.25) is 0 Å². The van der Waals surface area contributed by atoms with Crippen LogP contribution in [0.1, 0.15) is 50.8 Å². The highest BCUT2D eigenvalue weighted by atomic mass is 32.1. The first-order chi connectivity index (χ1) is 8.83. The SMILES string of the molecule is CC1CC(C)N(Cc2ccc(CNC(C)(C)C)s2)C1. The Balaban J connectivity index is 1.87. The number of hydrogen-bond donors (Lipinski definition) is 1. The quantitative estimate of drug-likeness (QED) is 0.901. The zero-order valence-corrected chi connectivity index (χ0v) is 13.8. The summed E-state index contributed by atoms with van der Waals surface area (Å²) in [6.45, 7) is 14.8. The molecule has 0 bridgehead atoms. The van der Waals surface area contributed by atoms with Crippen molar-refractivity contribution in [2.24, 2.45) is 5.92 Å². The van der Waals surface area contributed by atoms with Gasteiger partial charge in [-0.2, -0.15) is 0 Å². The molecule has 0 aliphatic carbocycles. The van der Waals surface area contributed by atoms with Crippen LogP contribution in [0.4, 0.5) is 0 Å². The lowest BCUT2D eigenvalue weighted by atomic mass is 10.1. The molecule has 0 aromatic carbocycles. The van der Waals surface area contributed by atoms with Crippen molar-refractivity contribution in [1.29, 1.82) is 0 Å². The van der Waals surface area contributed by atoms with Crippen molar-refractivity contribution in [3.8, 4) is 0 Å². The van der Waals surface area contributed by atoms with E-state index in [1.165, 1.54) is 22.7 Å². The minimum atomic E-state index is 0.197. The van der Waals surface area contributed by atoms with Gasteiger partial charge in [0.25, 0.3) is 0 Å². The maximum Gasteiger partial charge on any atom is 0.0330 e. The second kappa shape index (κ2) is 5.94. The normalized spacial score (nSPS) is 25.1. The predicted molar refractivity (Wildman–Crippen MR) is 84.6 cm³/mol. The third-order valence-corrected chi connectivity index (χ3v) is 4.85. The van der Waals surface area contributed by atoms with E-state index in [9.17, 15) is 0 Å². The minimum Gasteiger partial charge on any atom is -0.307 e. The number of nitrogens with zero attached hydrogens (tertiary/aromatic N) is 1. The van der Waals surface area contributed by atoms with E-state index >= 15 is 0 Å². The highest BCUT2D eigenvalue weighted by molar-refractivity contribution is 7.11. The number of thiophene rings is 1. The van der Waals surface area contributed by atoms with E-state index < -0.39 is 0 Å². The van der Waals surface area contributed by atoms with Gasteiger partial charge in [-0.3, -0.25) is 4.90 Å². The zero-order valence-electron chi connectivity index (χ0n) is 13.0. The van der Waals surface area contributed by atoms with Gasteiger partial charge in [-0.25, -0.2) is 0 Å². The molecule has 0 saturated carbocycles. The molecule has 1 aromatic heterocycles. The Hall–Kier alpha value is -0.380. The molecule has 0 amide bonds. The van der Waals surface area contributed by atoms with Crippen LogP contribution in [-0.4, -0.2) is 23.0 Å². The Labute approximate surface area is 122 Å². The van der Waals surface area contributed by atoms with Crippen LogP contribution in [0.3, 0.4) is 0 Å². The summed E-state index contributed by atoms with van der Waals surface area (Å²) in [4.78, 5) is 5.58. The van der Waals surface area contributed by atoms with Gasteiger partial charge >= 0.3 is 0 Å². The Kier molecular flexibility index (Phi) is 4.70. The van der Waals surface area contributed by atoms with Crippen molar-refractivity contribution in [3.05, 3.63) is 21.9 Å². The van der Waals surface area contributed by atoms with Crippen molar-refractivity contribution < 1.29 is 0 Å². The molecule has 2 rings (SSSR count). The van der Waals surface area contributed by atoms with Crippen LogP contribution in [-0.2, 0) is 13.1 Å². The molecule has 1 aliphatic rings. The summed E-state index contributed by atoms with van der Waals surface area (Å²) < 4.78 is 0. The number of likely N-dealkylation sites (tertiary alicyclic amines) is 1. The van der Waals surface area contributed by atoms with E-state index in [0.29, 0.717) is 0 Å². The summed E-state index contributed by atoms with van der Waals surface area (Å²) in [6.07, 6.45) is 1.35. The molecular weight excluding hydrogens is 252 g/mol. The Morgan fingerprint density at radius 3 is 2.53 bits per heavy atom. The topological polar surface area (TPSA) is 15.3 Å². The van der Waals surface area contributed by atoms with Crippen LogP contribution in [0.15, 0.2) is 12.1 Å². The smallest absolute Gasteiger partial charge is 0.0330 e. The van der Waals surface area contributed by atoms with Crippen molar-refractivity contribution in [2.75, 3.05) is 6.54 Å². The first-order valence-electron chi connectivity index (χ1n) is 7.40. The third-order valence-electron chi connectivity index (χ3n) is 3.78. The van der Waals surface area contributed by atoms with Crippen LogP contribution >= 0.6 is 11.3 Å². The molecule has 2 nitrogen and oxygen atoms in total. The second-order valence-corrected chi connectivity index (χ2v) is 8.34. The van der Waals surface area contributed by atoms with E-state index in [2.05, 4.69) is 57.0 Å². The molecule has 2 unspecified atom stereocenters. The molecular formula is C16H28N2S. The van der Waals surface area contributed by atoms with E-state index in [4.69, 9.17) is 0 Å². The fourth-order valence-electron chi connectivity index (χ4n) is 2.76. The van der Waals surface area contributed by atoms with E-state index in [-0.39, 0.29) is 5.54 Å². The number of hydrogen-bond acceptors (Lipinski definition) is 3. The zero-order chi connectivity index (χ0) is 14.0. The standard InChI is InChI=1S/C16H28N2S/c1-12-8-13(2)18(10-12)11-15-7-6-14(19-15)9-17-16(3,4)5/h6-7,12-13,17H,8-11H2,1-5H3. The van der Waals surface area contributed by atoms with E-state index in [0.717, 1.165) is 25.0 Å². The Morgan fingerprint density at radius 2 is 1.95 bits per heavy atom.